The highest BCUT2D eigenvalue weighted by molar-refractivity contribution is 5.77. The third kappa shape index (κ3) is 4.85. The first-order valence-electron chi connectivity index (χ1n) is 7.17. The Morgan fingerprint density at radius 3 is 2.65 bits per heavy atom. The van der Waals surface area contributed by atoms with E-state index in [4.69, 9.17) is 4.74 Å². The molecule has 0 spiro atoms. The lowest BCUT2D eigenvalue weighted by Gasteiger charge is -2.27. The van der Waals surface area contributed by atoms with Gasteiger partial charge in [-0.3, -0.25) is 4.79 Å². The van der Waals surface area contributed by atoms with Gasteiger partial charge in [-0.25, -0.2) is 0 Å². The summed E-state index contributed by atoms with van der Waals surface area (Å²) in [7, 11) is 0. The van der Waals surface area contributed by atoms with Crippen molar-refractivity contribution in [1.82, 2.24) is 5.32 Å². The van der Waals surface area contributed by atoms with Crippen molar-refractivity contribution in [3.63, 3.8) is 0 Å². The van der Waals surface area contributed by atoms with Crippen molar-refractivity contribution < 1.29 is 14.6 Å². The van der Waals surface area contributed by atoms with Crippen LogP contribution in [0.5, 0.6) is 5.75 Å². The molecule has 0 saturated carbocycles. The molecule has 0 heterocycles. The molecule has 0 aromatic heterocycles. The van der Waals surface area contributed by atoms with Gasteiger partial charge in [0.05, 0.1) is 18.8 Å². The first-order chi connectivity index (χ1) is 9.54. The Labute approximate surface area is 121 Å². The van der Waals surface area contributed by atoms with E-state index in [1.807, 2.05) is 45.0 Å². The topological polar surface area (TPSA) is 58.6 Å². The Bertz CT molecular complexity index is 427. The smallest absolute Gasteiger partial charge is 0.220 e. The summed E-state index contributed by atoms with van der Waals surface area (Å²) < 4.78 is 5.54. The lowest BCUT2D eigenvalue weighted by Crippen LogP contribution is -2.48. The quantitative estimate of drug-likeness (QED) is 0.767. The van der Waals surface area contributed by atoms with Crippen molar-refractivity contribution in [2.24, 2.45) is 0 Å². The number of para-hydroxylation sites is 1. The van der Waals surface area contributed by atoms with Gasteiger partial charge < -0.3 is 15.2 Å². The molecule has 1 aromatic carbocycles. The first kappa shape index (κ1) is 16.5. The van der Waals surface area contributed by atoms with E-state index in [1.165, 1.54) is 0 Å². The molecule has 4 nitrogen and oxygen atoms in total. The maximum Gasteiger partial charge on any atom is 0.220 e. The molecule has 20 heavy (non-hydrogen) atoms. The number of hydrogen-bond acceptors (Lipinski definition) is 3. The Hall–Kier alpha value is -1.55. The fourth-order valence-electron chi connectivity index (χ4n) is 1.89. The lowest BCUT2D eigenvalue weighted by molar-refractivity contribution is -0.123. The molecule has 1 unspecified atom stereocenters. The molecule has 1 aromatic rings. The van der Waals surface area contributed by atoms with E-state index in [9.17, 15) is 9.90 Å². The van der Waals surface area contributed by atoms with Gasteiger partial charge in [0.1, 0.15) is 5.75 Å². The molecular weight excluding hydrogens is 254 g/mol. The van der Waals surface area contributed by atoms with E-state index in [0.717, 1.165) is 11.3 Å². The molecule has 0 saturated heterocycles. The number of amides is 1. The molecule has 0 radical (unpaired) electrons. The SMILES string of the molecule is CCOc1ccccc1CCC(=O)NC(C)(CC)CO. The minimum Gasteiger partial charge on any atom is -0.494 e. The van der Waals surface area contributed by atoms with E-state index in [-0.39, 0.29) is 12.5 Å². The summed E-state index contributed by atoms with van der Waals surface area (Å²) in [4.78, 5) is 12.0. The van der Waals surface area contributed by atoms with Gasteiger partial charge in [0.2, 0.25) is 5.91 Å². The van der Waals surface area contributed by atoms with Crippen LogP contribution < -0.4 is 10.1 Å². The van der Waals surface area contributed by atoms with Gasteiger partial charge in [-0.15, -0.1) is 0 Å². The summed E-state index contributed by atoms with van der Waals surface area (Å²) in [6.45, 7) is 6.30. The fraction of sp³-hybridized carbons (Fsp3) is 0.562. The van der Waals surface area contributed by atoms with Crippen LogP contribution in [0.3, 0.4) is 0 Å². The van der Waals surface area contributed by atoms with Crippen molar-refractivity contribution in [3.8, 4) is 5.75 Å². The van der Waals surface area contributed by atoms with Crippen LogP contribution in [0, 0.1) is 0 Å². The Balaban J connectivity index is 2.57. The third-order valence-corrected chi connectivity index (χ3v) is 3.46. The van der Waals surface area contributed by atoms with Crippen LogP contribution in [0.2, 0.25) is 0 Å². The van der Waals surface area contributed by atoms with Crippen LogP contribution in [0.1, 0.15) is 39.2 Å². The molecule has 0 aliphatic heterocycles. The van der Waals surface area contributed by atoms with Crippen LogP contribution in [-0.4, -0.2) is 29.8 Å². The maximum atomic E-state index is 12.0. The number of aliphatic hydroxyl groups excluding tert-OH is 1. The van der Waals surface area contributed by atoms with Crippen molar-refractivity contribution in [2.75, 3.05) is 13.2 Å². The number of nitrogens with one attached hydrogen (secondary N) is 1. The highest BCUT2D eigenvalue weighted by Gasteiger charge is 2.22. The Morgan fingerprint density at radius 2 is 2.05 bits per heavy atom. The standard InChI is InChI=1S/C16H25NO3/c1-4-16(3,12-18)17-15(19)11-10-13-8-6-7-9-14(13)20-5-2/h6-9,18H,4-5,10-12H2,1-3H3,(H,17,19). The highest BCUT2D eigenvalue weighted by atomic mass is 16.5. The van der Waals surface area contributed by atoms with Gasteiger partial charge in [-0.1, -0.05) is 25.1 Å². The molecule has 112 valence electrons. The molecular formula is C16H25NO3. The van der Waals surface area contributed by atoms with Crippen LogP contribution in [0.15, 0.2) is 24.3 Å². The van der Waals surface area contributed by atoms with Crippen molar-refractivity contribution in [2.45, 2.75) is 45.6 Å². The van der Waals surface area contributed by atoms with Gasteiger partial charge in [0.25, 0.3) is 0 Å². The zero-order chi connectivity index (χ0) is 15.0. The lowest BCUT2D eigenvalue weighted by atomic mass is 9.99. The Morgan fingerprint density at radius 1 is 1.35 bits per heavy atom. The molecule has 4 heteroatoms. The van der Waals surface area contributed by atoms with Crippen LogP contribution in [0.25, 0.3) is 0 Å². The van der Waals surface area contributed by atoms with Gasteiger partial charge in [0.15, 0.2) is 0 Å². The number of carbonyl (C=O) groups is 1. The zero-order valence-electron chi connectivity index (χ0n) is 12.6. The first-order valence-corrected chi connectivity index (χ1v) is 7.17. The van der Waals surface area contributed by atoms with Gasteiger partial charge in [-0.2, -0.15) is 0 Å². The van der Waals surface area contributed by atoms with Gasteiger partial charge in [0, 0.05) is 6.42 Å². The summed E-state index contributed by atoms with van der Waals surface area (Å²) in [6, 6.07) is 7.76. The third-order valence-electron chi connectivity index (χ3n) is 3.46. The number of aryl methyl sites for hydroxylation is 1. The second kappa shape index (κ2) is 7.90. The average molecular weight is 279 g/mol. The number of hydrogen-bond donors (Lipinski definition) is 2. The summed E-state index contributed by atoms with van der Waals surface area (Å²) in [5.41, 5.74) is 0.503. The van der Waals surface area contributed by atoms with E-state index in [2.05, 4.69) is 5.32 Å². The molecule has 1 amide bonds. The summed E-state index contributed by atoms with van der Waals surface area (Å²) >= 11 is 0. The molecule has 0 fully saturated rings. The predicted molar refractivity (Wildman–Crippen MR) is 79.9 cm³/mol. The van der Waals surface area contributed by atoms with Crippen molar-refractivity contribution in [1.29, 1.82) is 0 Å². The molecule has 1 atom stereocenters. The van der Waals surface area contributed by atoms with Gasteiger partial charge in [-0.05, 0) is 38.3 Å². The van der Waals surface area contributed by atoms with Gasteiger partial charge >= 0.3 is 0 Å². The maximum absolute atomic E-state index is 12.0. The molecule has 2 N–H and O–H groups in total. The number of aliphatic hydroxyl groups is 1. The van der Waals surface area contributed by atoms with E-state index < -0.39 is 5.54 Å². The van der Waals surface area contributed by atoms with Crippen LogP contribution in [0.4, 0.5) is 0 Å². The second-order valence-electron chi connectivity index (χ2n) is 5.16. The average Bonchev–Trinajstić information content (AvgIpc) is 2.46. The summed E-state index contributed by atoms with van der Waals surface area (Å²) in [5, 5.41) is 12.2. The van der Waals surface area contributed by atoms with Crippen molar-refractivity contribution >= 4 is 5.91 Å². The van der Waals surface area contributed by atoms with E-state index in [1.54, 1.807) is 0 Å². The highest BCUT2D eigenvalue weighted by Crippen LogP contribution is 2.19. The predicted octanol–water partition coefficient (Wildman–Crippen LogP) is 2.30. The van der Waals surface area contributed by atoms with E-state index in [0.29, 0.717) is 25.9 Å². The van der Waals surface area contributed by atoms with E-state index >= 15 is 0 Å². The number of benzene rings is 1. The monoisotopic (exact) mass is 279 g/mol. The minimum atomic E-state index is -0.531. The summed E-state index contributed by atoms with van der Waals surface area (Å²) in [6.07, 6.45) is 1.72. The minimum absolute atomic E-state index is 0.0466. The normalized spacial score (nSPS) is 13.6. The number of rotatable bonds is 8. The molecule has 1 rings (SSSR count). The van der Waals surface area contributed by atoms with Crippen molar-refractivity contribution in [3.05, 3.63) is 29.8 Å². The van der Waals surface area contributed by atoms with Crippen LogP contribution in [-0.2, 0) is 11.2 Å². The zero-order valence-corrected chi connectivity index (χ0v) is 12.6. The fourth-order valence-corrected chi connectivity index (χ4v) is 1.89. The Kier molecular flexibility index (Phi) is 6.52. The molecule has 0 aliphatic rings. The molecule has 0 bridgehead atoms. The largest absolute Gasteiger partial charge is 0.494 e. The summed E-state index contributed by atoms with van der Waals surface area (Å²) in [5.74, 6) is 0.790. The molecule has 0 aliphatic carbocycles. The van der Waals surface area contributed by atoms with Crippen LogP contribution >= 0.6 is 0 Å². The number of carbonyl (C=O) groups excluding carboxylic acids is 1. The second-order valence-corrected chi connectivity index (χ2v) is 5.16. The number of ether oxygens (including phenoxy) is 1.